The molecule has 0 atom stereocenters. The van der Waals surface area contributed by atoms with Crippen molar-refractivity contribution in [3.8, 4) is 0 Å². The zero-order chi connectivity index (χ0) is 18.3. The second-order valence-corrected chi connectivity index (χ2v) is 7.41. The number of fused-ring (bicyclic) bond motifs is 3. The molecular formula is C19H18Cl2N4O. The van der Waals surface area contributed by atoms with Crippen LogP contribution in [0.4, 0.5) is 0 Å². The van der Waals surface area contributed by atoms with Gasteiger partial charge in [-0.15, -0.1) is 0 Å². The molecule has 0 spiro atoms. The zero-order valence-corrected chi connectivity index (χ0v) is 15.9. The average molecular weight is 389 g/mol. The summed E-state index contributed by atoms with van der Waals surface area (Å²) in [6, 6.07) is 7.47. The Morgan fingerprint density at radius 2 is 2.08 bits per heavy atom. The highest BCUT2D eigenvalue weighted by molar-refractivity contribution is 6.42. The fraction of sp³-hybridized carbons (Fsp3) is 0.316. The summed E-state index contributed by atoms with van der Waals surface area (Å²) < 4.78 is 1.90. The van der Waals surface area contributed by atoms with E-state index in [4.69, 9.17) is 23.2 Å². The zero-order valence-electron chi connectivity index (χ0n) is 14.4. The largest absolute Gasteiger partial charge is 0.338 e. The van der Waals surface area contributed by atoms with Crippen LogP contribution in [0.3, 0.4) is 0 Å². The molecule has 3 heterocycles. The normalized spacial score (nSPS) is 13.9. The van der Waals surface area contributed by atoms with Gasteiger partial charge >= 0.3 is 0 Å². The minimum absolute atomic E-state index is 0.137. The molecule has 2 aromatic heterocycles. The van der Waals surface area contributed by atoms with Crippen molar-refractivity contribution < 1.29 is 4.79 Å². The summed E-state index contributed by atoms with van der Waals surface area (Å²) in [5.41, 5.74) is 5.04. The topological polar surface area (TPSA) is 50.5 Å². The first-order valence-corrected chi connectivity index (χ1v) is 9.31. The predicted molar refractivity (Wildman–Crippen MR) is 102 cm³/mol. The van der Waals surface area contributed by atoms with Crippen molar-refractivity contribution in [1.29, 1.82) is 0 Å². The Morgan fingerprint density at radius 3 is 2.88 bits per heavy atom. The van der Waals surface area contributed by atoms with E-state index in [1.165, 1.54) is 0 Å². The maximum atomic E-state index is 12.6. The lowest BCUT2D eigenvalue weighted by Crippen LogP contribution is -2.37. The second-order valence-electron chi connectivity index (χ2n) is 6.60. The number of aromatic nitrogens is 3. The lowest BCUT2D eigenvalue weighted by Gasteiger charge is -2.28. The van der Waals surface area contributed by atoms with E-state index in [-0.39, 0.29) is 5.91 Å². The molecule has 5 nitrogen and oxygen atoms in total. The van der Waals surface area contributed by atoms with Gasteiger partial charge in [0.25, 0.3) is 0 Å². The predicted octanol–water partition coefficient (Wildman–Crippen LogP) is 3.86. The minimum Gasteiger partial charge on any atom is -0.338 e. The highest BCUT2D eigenvalue weighted by atomic mass is 35.5. The monoisotopic (exact) mass is 388 g/mol. The quantitative estimate of drug-likeness (QED) is 0.684. The molecule has 26 heavy (non-hydrogen) atoms. The van der Waals surface area contributed by atoms with Gasteiger partial charge in [0.2, 0.25) is 5.91 Å². The third-order valence-electron chi connectivity index (χ3n) is 4.74. The maximum Gasteiger partial charge on any atom is 0.223 e. The molecule has 134 valence electrons. The van der Waals surface area contributed by atoms with Gasteiger partial charge in [-0.1, -0.05) is 29.3 Å². The van der Waals surface area contributed by atoms with Gasteiger partial charge < -0.3 is 4.90 Å². The summed E-state index contributed by atoms with van der Waals surface area (Å²) in [5, 5.41) is 5.57. The molecule has 1 aliphatic rings. The average Bonchev–Trinajstić information content (AvgIpc) is 3.02. The van der Waals surface area contributed by atoms with Crippen molar-refractivity contribution in [3.05, 3.63) is 63.0 Å². The number of carbonyl (C=O) groups excluding carboxylic acids is 1. The molecule has 1 aliphatic heterocycles. The molecule has 0 fully saturated rings. The number of nitrogens with zero attached hydrogens (tertiary/aromatic N) is 4. The summed E-state index contributed by atoms with van der Waals surface area (Å²) in [7, 11) is 0. The summed E-state index contributed by atoms with van der Waals surface area (Å²) in [5.74, 6) is 0.137. The molecule has 1 amide bonds. The number of rotatable bonds is 3. The molecule has 0 aliphatic carbocycles. The molecule has 0 saturated carbocycles. The van der Waals surface area contributed by atoms with Crippen LogP contribution < -0.4 is 0 Å². The van der Waals surface area contributed by atoms with E-state index < -0.39 is 0 Å². The van der Waals surface area contributed by atoms with E-state index in [1.807, 2.05) is 40.7 Å². The van der Waals surface area contributed by atoms with E-state index in [0.29, 0.717) is 36.0 Å². The van der Waals surface area contributed by atoms with E-state index in [1.54, 1.807) is 6.07 Å². The molecular weight excluding hydrogens is 371 g/mol. The third-order valence-corrected chi connectivity index (χ3v) is 5.47. The molecule has 7 heteroatoms. The van der Waals surface area contributed by atoms with Gasteiger partial charge in [-0.2, -0.15) is 5.10 Å². The molecule has 4 rings (SSSR count). The van der Waals surface area contributed by atoms with Gasteiger partial charge in [-0.05, 0) is 31.0 Å². The van der Waals surface area contributed by atoms with Crippen molar-refractivity contribution in [3.63, 3.8) is 0 Å². The number of hydrogen-bond acceptors (Lipinski definition) is 3. The summed E-state index contributed by atoms with van der Waals surface area (Å²) >= 11 is 12.0. The maximum absolute atomic E-state index is 12.6. The number of amides is 1. The Hall–Kier alpha value is -2.11. The number of benzene rings is 1. The second kappa shape index (κ2) is 6.89. The standard InChI is InChI=1S/C19H18Cl2N4O/c1-12-8-18-22-10-14-11-24(7-6-17(14)25(18)23-12)19(26)5-3-13-2-4-15(20)16(21)9-13/h2,4,8-10H,3,5-7,11H2,1H3. The number of halogens is 2. The molecule has 0 saturated heterocycles. The Bertz CT molecular complexity index is 999. The molecule has 0 radical (unpaired) electrons. The van der Waals surface area contributed by atoms with Crippen LogP contribution in [-0.2, 0) is 24.2 Å². The van der Waals surface area contributed by atoms with E-state index in [2.05, 4.69) is 10.1 Å². The number of hydrogen-bond donors (Lipinski definition) is 0. The third kappa shape index (κ3) is 3.29. The van der Waals surface area contributed by atoms with Crippen LogP contribution in [0.5, 0.6) is 0 Å². The van der Waals surface area contributed by atoms with Crippen molar-refractivity contribution >= 4 is 34.8 Å². The van der Waals surface area contributed by atoms with Crippen LogP contribution in [0.25, 0.3) is 5.65 Å². The van der Waals surface area contributed by atoms with Crippen molar-refractivity contribution in [2.75, 3.05) is 6.54 Å². The molecule has 0 bridgehead atoms. The first-order valence-electron chi connectivity index (χ1n) is 8.56. The SMILES string of the molecule is Cc1cc2ncc3c(n2n1)CCN(C(=O)CCc1ccc(Cl)c(Cl)c1)C3. The molecule has 0 unspecified atom stereocenters. The molecule has 3 aromatic rings. The lowest BCUT2D eigenvalue weighted by molar-refractivity contribution is -0.132. The Morgan fingerprint density at radius 1 is 1.23 bits per heavy atom. The van der Waals surface area contributed by atoms with E-state index in [9.17, 15) is 4.79 Å². The minimum atomic E-state index is 0.137. The first-order chi connectivity index (χ1) is 12.5. The van der Waals surface area contributed by atoms with Crippen molar-refractivity contribution in [1.82, 2.24) is 19.5 Å². The van der Waals surface area contributed by atoms with Gasteiger partial charge in [-0.3, -0.25) is 4.79 Å². The van der Waals surface area contributed by atoms with Crippen LogP contribution in [0, 0.1) is 6.92 Å². The number of carbonyl (C=O) groups is 1. The Labute approximate surface area is 161 Å². The van der Waals surface area contributed by atoms with Crippen LogP contribution in [0.15, 0.2) is 30.5 Å². The summed E-state index contributed by atoms with van der Waals surface area (Å²) in [6.07, 6.45) is 3.75. The van der Waals surface area contributed by atoms with E-state index >= 15 is 0 Å². The summed E-state index contributed by atoms with van der Waals surface area (Å²) in [6.45, 7) is 3.24. The Kier molecular flexibility index (Phi) is 4.59. The molecule has 1 aromatic carbocycles. The lowest BCUT2D eigenvalue weighted by atomic mass is 10.1. The highest BCUT2D eigenvalue weighted by Gasteiger charge is 2.23. The fourth-order valence-corrected chi connectivity index (χ4v) is 3.69. The van der Waals surface area contributed by atoms with Crippen LogP contribution in [0.1, 0.15) is 28.9 Å². The van der Waals surface area contributed by atoms with Crippen LogP contribution in [-0.4, -0.2) is 31.9 Å². The van der Waals surface area contributed by atoms with Crippen LogP contribution >= 0.6 is 23.2 Å². The van der Waals surface area contributed by atoms with Gasteiger partial charge in [0.1, 0.15) is 0 Å². The van der Waals surface area contributed by atoms with E-state index in [0.717, 1.165) is 34.6 Å². The fourth-order valence-electron chi connectivity index (χ4n) is 3.37. The van der Waals surface area contributed by atoms with Gasteiger partial charge in [0, 0.05) is 43.8 Å². The van der Waals surface area contributed by atoms with Crippen molar-refractivity contribution in [2.24, 2.45) is 0 Å². The first kappa shape index (κ1) is 17.3. The molecule has 0 N–H and O–H groups in total. The Balaban J connectivity index is 1.45. The van der Waals surface area contributed by atoms with Crippen LogP contribution in [0.2, 0.25) is 10.0 Å². The smallest absolute Gasteiger partial charge is 0.223 e. The van der Waals surface area contributed by atoms with Gasteiger partial charge in [-0.25, -0.2) is 9.50 Å². The van der Waals surface area contributed by atoms with Gasteiger partial charge in [0.05, 0.1) is 21.4 Å². The number of aryl methyl sites for hydroxylation is 2. The van der Waals surface area contributed by atoms with Crippen molar-refractivity contribution in [2.45, 2.75) is 32.7 Å². The van der Waals surface area contributed by atoms with Gasteiger partial charge in [0.15, 0.2) is 5.65 Å². The summed E-state index contributed by atoms with van der Waals surface area (Å²) in [4.78, 5) is 19.0. The highest BCUT2D eigenvalue weighted by Crippen LogP contribution is 2.24.